The van der Waals surface area contributed by atoms with Crippen LogP contribution in [0.5, 0.6) is 0 Å². The molecule has 0 aliphatic rings. The second-order valence-corrected chi connectivity index (χ2v) is 2.68. The van der Waals surface area contributed by atoms with Crippen molar-refractivity contribution in [2.75, 3.05) is 0 Å². The molecule has 0 atom stereocenters. The fourth-order valence-corrected chi connectivity index (χ4v) is 1.15. The minimum Gasteiger partial charge on any atom is -0.308 e. The van der Waals surface area contributed by atoms with Crippen molar-refractivity contribution in [2.45, 2.75) is 13.5 Å². The van der Waals surface area contributed by atoms with Crippen LogP contribution in [0.25, 0.3) is 0 Å². The number of nitrogens with zero attached hydrogens (tertiary/aromatic N) is 2. The van der Waals surface area contributed by atoms with Gasteiger partial charge in [-0.2, -0.15) is 5.26 Å². The Bertz CT molecular complexity index is 424. The van der Waals surface area contributed by atoms with Gasteiger partial charge in [-0.3, -0.25) is 4.79 Å². The topological polar surface area (TPSA) is 45.8 Å². The summed E-state index contributed by atoms with van der Waals surface area (Å²) in [7, 11) is 0. The molecule has 0 aromatic carbocycles. The Labute approximate surface area is 76.6 Å². The molecule has 0 radical (unpaired) electrons. The fourth-order valence-electron chi connectivity index (χ4n) is 1.15. The number of rotatable bonds is 2. The van der Waals surface area contributed by atoms with Gasteiger partial charge in [0.15, 0.2) is 0 Å². The maximum atomic E-state index is 11.3. The average Bonchev–Trinajstić information content (AvgIpc) is 2.12. The summed E-state index contributed by atoms with van der Waals surface area (Å²) in [6.45, 7) is 5.75. The molecular formula is C10H10N2O. The van der Waals surface area contributed by atoms with Crippen molar-refractivity contribution in [2.24, 2.45) is 0 Å². The first kappa shape index (κ1) is 9.27. The largest absolute Gasteiger partial charge is 0.308 e. The van der Waals surface area contributed by atoms with E-state index in [9.17, 15) is 4.79 Å². The first-order valence-corrected chi connectivity index (χ1v) is 3.92. The van der Waals surface area contributed by atoms with Crippen molar-refractivity contribution < 1.29 is 0 Å². The third kappa shape index (κ3) is 1.67. The number of pyridine rings is 1. The van der Waals surface area contributed by atoms with Crippen LogP contribution in [0.1, 0.15) is 11.3 Å². The number of nitriles is 1. The second-order valence-electron chi connectivity index (χ2n) is 2.68. The van der Waals surface area contributed by atoms with Gasteiger partial charge in [-0.15, -0.1) is 6.58 Å². The molecule has 0 aliphatic heterocycles. The number of aromatic nitrogens is 1. The summed E-state index contributed by atoms with van der Waals surface area (Å²) in [5, 5.41) is 8.71. The predicted octanol–water partition coefficient (Wildman–Crippen LogP) is 1.21. The standard InChI is InChI=1S/C10H10N2O/c1-3-6-12-8(2)9(7-11)4-5-10(12)13/h3-5H,1,6H2,2H3. The molecule has 1 heterocycles. The van der Waals surface area contributed by atoms with E-state index in [2.05, 4.69) is 6.58 Å². The second kappa shape index (κ2) is 3.72. The highest BCUT2D eigenvalue weighted by Crippen LogP contribution is 2.02. The molecule has 3 nitrogen and oxygen atoms in total. The molecule has 0 N–H and O–H groups in total. The lowest BCUT2D eigenvalue weighted by Crippen LogP contribution is -2.21. The van der Waals surface area contributed by atoms with Crippen molar-refractivity contribution in [1.29, 1.82) is 5.26 Å². The predicted molar refractivity (Wildman–Crippen MR) is 50.4 cm³/mol. The summed E-state index contributed by atoms with van der Waals surface area (Å²) in [6, 6.07) is 4.96. The lowest BCUT2D eigenvalue weighted by molar-refractivity contribution is 0.745. The molecule has 0 amide bonds. The zero-order valence-electron chi connectivity index (χ0n) is 7.45. The van der Waals surface area contributed by atoms with Gasteiger partial charge >= 0.3 is 0 Å². The van der Waals surface area contributed by atoms with Crippen LogP contribution >= 0.6 is 0 Å². The molecule has 1 aromatic heterocycles. The van der Waals surface area contributed by atoms with Crippen molar-refractivity contribution in [3.05, 3.63) is 46.4 Å². The quantitative estimate of drug-likeness (QED) is 0.633. The Morgan fingerprint density at radius 3 is 2.92 bits per heavy atom. The van der Waals surface area contributed by atoms with E-state index in [4.69, 9.17) is 5.26 Å². The molecule has 1 aromatic rings. The van der Waals surface area contributed by atoms with Crippen molar-refractivity contribution in [3.63, 3.8) is 0 Å². The Balaban J connectivity index is 3.40. The SMILES string of the molecule is C=CCn1c(C)c(C#N)ccc1=O. The maximum Gasteiger partial charge on any atom is 0.251 e. The lowest BCUT2D eigenvalue weighted by Gasteiger charge is -2.07. The first-order chi connectivity index (χ1) is 6.20. The maximum absolute atomic E-state index is 11.3. The summed E-state index contributed by atoms with van der Waals surface area (Å²) in [5.74, 6) is 0. The van der Waals surface area contributed by atoms with Crippen LogP contribution < -0.4 is 5.56 Å². The Morgan fingerprint density at radius 1 is 1.69 bits per heavy atom. The van der Waals surface area contributed by atoms with Gasteiger partial charge in [0.1, 0.15) is 6.07 Å². The van der Waals surface area contributed by atoms with Crippen LogP contribution in [0.15, 0.2) is 29.6 Å². The van der Waals surface area contributed by atoms with Gasteiger partial charge in [0.05, 0.1) is 5.56 Å². The van der Waals surface area contributed by atoms with Gasteiger partial charge in [0, 0.05) is 18.3 Å². The summed E-state index contributed by atoms with van der Waals surface area (Å²) in [5.41, 5.74) is 1.12. The molecule has 0 saturated heterocycles. The van der Waals surface area contributed by atoms with Crippen LogP contribution in [0.3, 0.4) is 0 Å². The summed E-state index contributed by atoms with van der Waals surface area (Å²) in [4.78, 5) is 11.3. The molecule has 1 rings (SSSR count). The van der Waals surface area contributed by atoms with Crippen LogP contribution in [0.2, 0.25) is 0 Å². The monoisotopic (exact) mass is 174 g/mol. The number of hydrogen-bond acceptors (Lipinski definition) is 2. The highest BCUT2D eigenvalue weighted by Gasteiger charge is 2.02. The third-order valence-electron chi connectivity index (χ3n) is 1.89. The smallest absolute Gasteiger partial charge is 0.251 e. The van der Waals surface area contributed by atoms with Gasteiger partial charge in [0.25, 0.3) is 5.56 Å². The number of allylic oxidation sites excluding steroid dienone is 1. The highest BCUT2D eigenvalue weighted by molar-refractivity contribution is 5.32. The van der Waals surface area contributed by atoms with Gasteiger partial charge < -0.3 is 4.57 Å². The molecule has 0 saturated carbocycles. The third-order valence-corrected chi connectivity index (χ3v) is 1.89. The summed E-state index contributed by atoms with van der Waals surface area (Å²) in [6.07, 6.45) is 1.63. The van der Waals surface area contributed by atoms with E-state index in [1.807, 2.05) is 6.07 Å². The van der Waals surface area contributed by atoms with Gasteiger partial charge in [0.2, 0.25) is 0 Å². The summed E-state index contributed by atoms with van der Waals surface area (Å²) < 4.78 is 1.52. The molecule has 0 bridgehead atoms. The van der Waals surface area contributed by atoms with Crippen LogP contribution in [-0.2, 0) is 6.54 Å². The normalized spacial score (nSPS) is 9.23. The lowest BCUT2D eigenvalue weighted by atomic mass is 10.2. The zero-order valence-corrected chi connectivity index (χ0v) is 7.45. The number of hydrogen-bond donors (Lipinski definition) is 0. The van der Waals surface area contributed by atoms with Crippen LogP contribution in [0.4, 0.5) is 0 Å². The highest BCUT2D eigenvalue weighted by atomic mass is 16.1. The van der Waals surface area contributed by atoms with E-state index in [1.54, 1.807) is 13.0 Å². The van der Waals surface area contributed by atoms with E-state index in [-0.39, 0.29) is 5.56 Å². The molecule has 13 heavy (non-hydrogen) atoms. The molecule has 66 valence electrons. The van der Waals surface area contributed by atoms with E-state index in [1.165, 1.54) is 16.7 Å². The van der Waals surface area contributed by atoms with Crippen LogP contribution in [-0.4, -0.2) is 4.57 Å². The molecule has 0 unspecified atom stereocenters. The van der Waals surface area contributed by atoms with Gasteiger partial charge in [-0.05, 0) is 13.0 Å². The van der Waals surface area contributed by atoms with E-state index in [0.29, 0.717) is 17.8 Å². The Kier molecular flexibility index (Phi) is 2.65. The van der Waals surface area contributed by atoms with E-state index < -0.39 is 0 Å². The van der Waals surface area contributed by atoms with E-state index >= 15 is 0 Å². The fraction of sp³-hybridized carbons (Fsp3) is 0.200. The van der Waals surface area contributed by atoms with Gasteiger partial charge in [-0.25, -0.2) is 0 Å². The Morgan fingerprint density at radius 2 is 2.38 bits per heavy atom. The molecular weight excluding hydrogens is 164 g/mol. The minimum atomic E-state index is -0.101. The average molecular weight is 174 g/mol. The van der Waals surface area contributed by atoms with Gasteiger partial charge in [-0.1, -0.05) is 6.08 Å². The van der Waals surface area contributed by atoms with Crippen molar-refractivity contribution in [1.82, 2.24) is 4.57 Å². The van der Waals surface area contributed by atoms with E-state index in [0.717, 1.165) is 0 Å². The zero-order chi connectivity index (χ0) is 9.84. The Hall–Kier alpha value is -1.82. The molecule has 3 heteroatoms. The summed E-state index contributed by atoms with van der Waals surface area (Å²) >= 11 is 0. The van der Waals surface area contributed by atoms with Crippen molar-refractivity contribution in [3.8, 4) is 6.07 Å². The van der Waals surface area contributed by atoms with Crippen molar-refractivity contribution >= 4 is 0 Å². The molecule has 0 aliphatic carbocycles. The van der Waals surface area contributed by atoms with Crippen LogP contribution in [0, 0.1) is 18.3 Å². The minimum absolute atomic E-state index is 0.101. The first-order valence-electron chi connectivity index (χ1n) is 3.92. The molecule has 0 fully saturated rings. The molecule has 0 spiro atoms.